The molecule has 0 aromatic carbocycles. The lowest BCUT2D eigenvalue weighted by molar-refractivity contribution is -0.140. The normalized spacial score (nSPS) is 17.8. The number of aromatic amines is 1. The number of guanidine groups is 1. The van der Waals surface area contributed by atoms with Gasteiger partial charge in [0.25, 0.3) is 5.91 Å². The number of aliphatic hydroxyl groups is 2. The van der Waals surface area contributed by atoms with Gasteiger partial charge in [-0.25, -0.2) is 4.98 Å². The van der Waals surface area contributed by atoms with E-state index in [1.807, 2.05) is 0 Å². The molecule has 29 heteroatoms. The standard InChI is InChI=1S/C45H81N19O10/c46-15-3-1-8-27(50)38(68)63-36(33(65)21-49)43(73)62-35(25-13-14-25)42(72)56-23-34(66)58-30(10-5-17-48)44(74)64-19-7-12-32(64)41(71)61-31(20-26-22-54-24-57-26)40(70)60-29(9-2-4-16-47)39(69)59-28(37(51)67)11-6-18-55-45(52)53/h11,22,24-25,27,29-33,35-36,41,61,65,71H,1-10,12-21,23,46-50H2,(H2,51,67)(H,54,57)(H,56,72)(H,58,66)(H,59,69)(H,60,70)(H,62,73)(H,63,68)(H4,52,53,55)/b28-11-/t27-,29-,30+,31-,32-,33-,35-,36-,41?/m0/s1. The number of nitrogens with one attached hydrogen (secondary N) is 8. The molecule has 3 rings (SSSR count). The predicted octanol–water partition coefficient (Wildman–Crippen LogP) is -7.52. The Morgan fingerprint density at radius 3 is 2.07 bits per heavy atom. The van der Waals surface area contributed by atoms with Gasteiger partial charge in [0.1, 0.15) is 36.1 Å². The minimum absolute atomic E-state index is 0.0540. The summed E-state index contributed by atoms with van der Waals surface area (Å²) in [6.07, 6.45) is 6.11. The lowest BCUT2D eigenvalue weighted by atomic mass is 10.0. The Balaban J connectivity index is 1.73. The second kappa shape index (κ2) is 32.8. The topological polar surface area (TPSA) is 514 Å². The fourth-order valence-corrected chi connectivity index (χ4v) is 8.17. The maximum Gasteiger partial charge on any atom is 0.264 e. The van der Waals surface area contributed by atoms with Crippen LogP contribution in [0.15, 0.2) is 29.3 Å². The van der Waals surface area contributed by atoms with Crippen LogP contribution >= 0.6 is 0 Å². The number of hydrogen-bond donors (Lipinski definition) is 18. The first-order valence-electron chi connectivity index (χ1n) is 25.2. The van der Waals surface area contributed by atoms with Crippen LogP contribution in [0.4, 0.5) is 0 Å². The van der Waals surface area contributed by atoms with Gasteiger partial charge in [-0.05, 0) is 103 Å². The third-order valence-corrected chi connectivity index (χ3v) is 12.4. The largest absolute Gasteiger partial charge is 0.389 e. The van der Waals surface area contributed by atoms with E-state index in [-0.39, 0.29) is 69.3 Å². The fraction of sp³-hybridized carbons (Fsp3) is 0.689. The molecule has 2 fully saturated rings. The number of likely N-dealkylation sites (tertiary alicyclic amines) is 1. The summed E-state index contributed by atoms with van der Waals surface area (Å²) in [6.45, 7) is 0.179. The predicted molar refractivity (Wildman–Crippen MR) is 271 cm³/mol. The van der Waals surface area contributed by atoms with Crippen molar-refractivity contribution >= 4 is 53.2 Å². The second-order valence-electron chi connectivity index (χ2n) is 18.4. The number of primary amides is 1. The zero-order valence-electron chi connectivity index (χ0n) is 42.0. The van der Waals surface area contributed by atoms with Crippen LogP contribution in [-0.4, -0.2) is 179 Å². The highest BCUT2D eigenvalue weighted by Crippen LogP contribution is 2.33. The van der Waals surface area contributed by atoms with Gasteiger partial charge in [-0.15, -0.1) is 0 Å². The summed E-state index contributed by atoms with van der Waals surface area (Å²) in [4.78, 5) is 120. The van der Waals surface area contributed by atoms with Crippen molar-refractivity contribution < 1.29 is 48.6 Å². The van der Waals surface area contributed by atoms with E-state index in [4.69, 9.17) is 45.9 Å². The molecule has 0 spiro atoms. The number of rotatable bonds is 36. The van der Waals surface area contributed by atoms with Gasteiger partial charge in [0.15, 0.2) is 5.96 Å². The number of aliphatic hydroxyl groups excluding tert-OH is 2. The number of imidazole rings is 1. The van der Waals surface area contributed by atoms with Crippen LogP contribution in [0.25, 0.3) is 0 Å². The third-order valence-electron chi connectivity index (χ3n) is 12.4. The van der Waals surface area contributed by atoms with E-state index in [9.17, 15) is 48.6 Å². The Morgan fingerprint density at radius 2 is 1.46 bits per heavy atom. The Morgan fingerprint density at radius 1 is 0.784 bits per heavy atom. The molecule has 1 aromatic rings. The molecular formula is C45H81N19O10. The number of aliphatic imine (C=N–C) groups is 1. The number of unbranched alkanes of at least 4 members (excludes halogenated alkanes) is 2. The van der Waals surface area contributed by atoms with E-state index >= 15 is 0 Å². The molecule has 416 valence electrons. The van der Waals surface area contributed by atoms with Gasteiger partial charge in [-0.2, -0.15) is 0 Å². The molecule has 1 saturated carbocycles. The lowest BCUT2D eigenvalue weighted by Crippen LogP contribution is -2.61. The van der Waals surface area contributed by atoms with Crippen molar-refractivity contribution in [1.82, 2.24) is 52.1 Å². The van der Waals surface area contributed by atoms with Crippen LogP contribution < -0.4 is 83.1 Å². The molecule has 29 nitrogen and oxygen atoms in total. The molecule has 1 aromatic heterocycles. The summed E-state index contributed by atoms with van der Waals surface area (Å²) >= 11 is 0. The van der Waals surface area contributed by atoms with Gasteiger partial charge >= 0.3 is 0 Å². The van der Waals surface area contributed by atoms with Crippen LogP contribution in [0.5, 0.6) is 0 Å². The maximum atomic E-state index is 14.3. The average Bonchev–Trinajstić information content (AvgIpc) is 3.84. The van der Waals surface area contributed by atoms with Crippen LogP contribution in [0.3, 0.4) is 0 Å². The fourth-order valence-electron chi connectivity index (χ4n) is 8.17. The summed E-state index contributed by atoms with van der Waals surface area (Å²) in [6, 6.07) is -8.13. The summed E-state index contributed by atoms with van der Waals surface area (Å²) in [5, 5.41) is 40.6. The molecule has 26 N–H and O–H groups in total. The maximum absolute atomic E-state index is 14.3. The van der Waals surface area contributed by atoms with Gasteiger partial charge < -0.3 is 97.9 Å². The van der Waals surface area contributed by atoms with Crippen molar-refractivity contribution in [2.75, 3.05) is 45.8 Å². The van der Waals surface area contributed by atoms with Gasteiger partial charge in [-0.1, -0.05) is 12.5 Å². The number of carbonyl (C=O) groups excluding carboxylic acids is 8. The molecule has 0 bridgehead atoms. The second-order valence-corrected chi connectivity index (χ2v) is 18.4. The molecule has 1 aliphatic heterocycles. The van der Waals surface area contributed by atoms with Crippen molar-refractivity contribution in [3.8, 4) is 0 Å². The Labute approximate surface area is 430 Å². The zero-order valence-corrected chi connectivity index (χ0v) is 42.0. The van der Waals surface area contributed by atoms with Crippen LogP contribution in [-0.2, 0) is 44.8 Å². The molecular weight excluding hydrogens is 967 g/mol. The first-order chi connectivity index (χ1) is 35.3. The number of aromatic nitrogens is 2. The van der Waals surface area contributed by atoms with E-state index < -0.39 is 115 Å². The molecule has 1 saturated heterocycles. The highest BCUT2D eigenvalue weighted by molar-refractivity contribution is 5.99. The number of nitrogens with zero attached hydrogens (tertiary/aromatic N) is 3. The molecule has 2 heterocycles. The van der Waals surface area contributed by atoms with Gasteiger partial charge in [0, 0.05) is 37.9 Å². The monoisotopic (exact) mass is 1050 g/mol. The number of amides is 8. The van der Waals surface area contributed by atoms with Crippen molar-refractivity contribution in [2.24, 2.45) is 56.8 Å². The first-order valence-corrected chi connectivity index (χ1v) is 25.2. The van der Waals surface area contributed by atoms with Crippen molar-refractivity contribution in [3.63, 3.8) is 0 Å². The Kier molecular flexibility index (Phi) is 27.4. The molecule has 1 unspecified atom stereocenters. The SMILES string of the molecule is NCCCC[C@H](NC(=O)[C@H](Cc1cnc[nH]1)NC(O)[C@@H]1CCCN1C(=O)[C@@H](CCCN)NC(=O)CNC(=O)[C@@H](NC(=O)[C@@H](NC(=O)[C@@H](N)CCCCN)[C@@H](O)CN)C1CC1)C(=O)N/C(=C\CCN=C(N)N)C(N)=O. The number of H-pyrrole nitrogens is 1. The minimum Gasteiger partial charge on any atom is -0.389 e. The number of nitrogens with two attached hydrogens (primary N) is 8. The summed E-state index contributed by atoms with van der Waals surface area (Å²) in [5.74, 6) is -6.49. The highest BCUT2D eigenvalue weighted by Gasteiger charge is 2.42. The lowest BCUT2D eigenvalue weighted by Gasteiger charge is -2.34. The van der Waals surface area contributed by atoms with E-state index in [0.717, 1.165) is 0 Å². The third kappa shape index (κ3) is 21.2. The summed E-state index contributed by atoms with van der Waals surface area (Å²) in [5.41, 5.74) is 45.2. The quantitative estimate of drug-likeness (QED) is 0.00976. The van der Waals surface area contributed by atoms with Crippen LogP contribution in [0.2, 0.25) is 0 Å². The van der Waals surface area contributed by atoms with Gasteiger partial charge in [0.05, 0.1) is 37.1 Å². The van der Waals surface area contributed by atoms with Crippen LogP contribution in [0.1, 0.15) is 89.2 Å². The van der Waals surface area contributed by atoms with E-state index in [2.05, 4.69) is 52.2 Å². The van der Waals surface area contributed by atoms with E-state index in [0.29, 0.717) is 76.6 Å². The molecule has 74 heavy (non-hydrogen) atoms. The van der Waals surface area contributed by atoms with Crippen molar-refractivity contribution in [3.05, 3.63) is 30.0 Å². The summed E-state index contributed by atoms with van der Waals surface area (Å²) in [7, 11) is 0. The smallest absolute Gasteiger partial charge is 0.264 e. The molecule has 2 aliphatic rings. The Bertz CT molecular complexity index is 2040. The van der Waals surface area contributed by atoms with E-state index in [1.54, 1.807) is 0 Å². The van der Waals surface area contributed by atoms with Crippen molar-refractivity contribution in [1.29, 1.82) is 0 Å². The summed E-state index contributed by atoms with van der Waals surface area (Å²) < 4.78 is 0. The van der Waals surface area contributed by atoms with Crippen LogP contribution in [0, 0.1) is 5.92 Å². The van der Waals surface area contributed by atoms with E-state index in [1.165, 1.54) is 23.5 Å². The first kappa shape index (κ1) is 62.0. The molecule has 9 atom stereocenters. The number of carbonyl (C=O) groups is 8. The number of hydrogen-bond acceptors (Lipinski definition) is 18. The zero-order chi connectivity index (χ0) is 54.7. The van der Waals surface area contributed by atoms with Crippen molar-refractivity contribution in [2.45, 2.75) is 145 Å². The average molecular weight is 1050 g/mol. The van der Waals surface area contributed by atoms with Gasteiger partial charge in [-0.3, -0.25) is 48.7 Å². The Hall–Kier alpha value is -6.34. The molecule has 1 aliphatic carbocycles. The molecule has 0 radical (unpaired) electrons. The minimum atomic E-state index is -1.54. The molecule has 8 amide bonds. The highest BCUT2D eigenvalue weighted by atomic mass is 16.3. The van der Waals surface area contributed by atoms with Gasteiger partial charge in [0.2, 0.25) is 41.4 Å².